The molecule has 0 aliphatic heterocycles. The van der Waals surface area contributed by atoms with Gasteiger partial charge in [0.2, 0.25) is 5.91 Å². The number of benzene rings is 2. The van der Waals surface area contributed by atoms with E-state index < -0.39 is 0 Å². The summed E-state index contributed by atoms with van der Waals surface area (Å²) in [5, 5.41) is 3.25. The molecule has 0 aromatic heterocycles. The van der Waals surface area contributed by atoms with Gasteiger partial charge in [0.15, 0.2) is 16.6 Å². The molecule has 0 aliphatic carbocycles. The Bertz CT molecular complexity index is 782. The molecule has 0 saturated carbocycles. The lowest BCUT2D eigenvalue weighted by molar-refractivity contribution is -0.119. The molecular formula is C19H23N3O3S2. The molecule has 1 amide bonds. The van der Waals surface area contributed by atoms with Crippen LogP contribution in [0.2, 0.25) is 0 Å². The number of nitrogens with one attached hydrogen (secondary N) is 3. The minimum atomic E-state index is -0.149. The fraction of sp³-hybridized carbons (Fsp3) is 0.263. The second-order valence-corrected chi connectivity index (χ2v) is 7.07. The number of hydrogen-bond donors (Lipinski definition) is 3. The number of hydrogen-bond acceptors (Lipinski definition) is 5. The molecule has 0 heterocycles. The van der Waals surface area contributed by atoms with Gasteiger partial charge >= 0.3 is 0 Å². The highest BCUT2D eigenvalue weighted by Crippen LogP contribution is 2.29. The van der Waals surface area contributed by atoms with Gasteiger partial charge in [0.05, 0.1) is 20.0 Å². The number of ether oxygens (including phenoxy) is 2. The van der Waals surface area contributed by atoms with Crippen LogP contribution in [0.25, 0.3) is 0 Å². The summed E-state index contributed by atoms with van der Waals surface area (Å²) in [6.07, 6.45) is 0. The van der Waals surface area contributed by atoms with Crippen LogP contribution in [0.4, 0.5) is 5.69 Å². The van der Waals surface area contributed by atoms with Gasteiger partial charge in [-0.05, 0) is 36.8 Å². The van der Waals surface area contributed by atoms with E-state index in [1.54, 1.807) is 32.4 Å². The summed E-state index contributed by atoms with van der Waals surface area (Å²) in [6, 6.07) is 13.6. The first kappa shape index (κ1) is 20.9. The van der Waals surface area contributed by atoms with Crippen molar-refractivity contribution in [1.82, 2.24) is 10.9 Å². The molecule has 27 heavy (non-hydrogen) atoms. The Morgan fingerprint density at radius 1 is 1.04 bits per heavy atom. The Hall–Kier alpha value is -2.45. The summed E-state index contributed by atoms with van der Waals surface area (Å²) in [5.74, 6) is 2.17. The van der Waals surface area contributed by atoms with Crippen molar-refractivity contribution in [3.05, 3.63) is 53.6 Å². The molecular weight excluding hydrogens is 382 g/mol. The van der Waals surface area contributed by atoms with Crippen LogP contribution in [-0.4, -0.2) is 31.0 Å². The zero-order valence-corrected chi connectivity index (χ0v) is 17.1. The molecule has 2 rings (SSSR count). The predicted molar refractivity (Wildman–Crippen MR) is 114 cm³/mol. The zero-order valence-electron chi connectivity index (χ0n) is 15.5. The van der Waals surface area contributed by atoms with E-state index in [2.05, 4.69) is 47.4 Å². The Kier molecular flexibility index (Phi) is 8.22. The van der Waals surface area contributed by atoms with Crippen molar-refractivity contribution in [3.8, 4) is 11.5 Å². The Balaban J connectivity index is 1.71. The maximum atomic E-state index is 11.9. The van der Waals surface area contributed by atoms with Gasteiger partial charge in [-0.1, -0.05) is 29.8 Å². The maximum Gasteiger partial charge on any atom is 0.248 e. The second kappa shape index (κ2) is 10.6. The van der Waals surface area contributed by atoms with Gasteiger partial charge < -0.3 is 14.8 Å². The highest BCUT2D eigenvalue weighted by molar-refractivity contribution is 7.99. The van der Waals surface area contributed by atoms with Crippen molar-refractivity contribution < 1.29 is 14.3 Å². The molecule has 0 fully saturated rings. The van der Waals surface area contributed by atoms with Gasteiger partial charge in [-0.2, -0.15) is 0 Å². The number of methoxy groups -OCH3 is 2. The number of hydrazine groups is 1. The maximum absolute atomic E-state index is 11.9. The molecule has 0 unspecified atom stereocenters. The molecule has 0 aliphatic rings. The summed E-state index contributed by atoms with van der Waals surface area (Å²) in [4.78, 5) is 11.9. The largest absolute Gasteiger partial charge is 0.493 e. The van der Waals surface area contributed by atoms with Gasteiger partial charge in [-0.15, -0.1) is 11.8 Å². The number of carbonyl (C=O) groups excluding carboxylic acids is 1. The van der Waals surface area contributed by atoms with Gasteiger partial charge in [-0.25, -0.2) is 0 Å². The van der Waals surface area contributed by atoms with Crippen LogP contribution in [0.15, 0.2) is 42.5 Å². The first-order chi connectivity index (χ1) is 13.0. The normalized spacial score (nSPS) is 10.0. The standard InChI is InChI=1S/C19H23N3O3S2/c1-13-4-6-14(7-5-13)11-27-12-18(23)21-22-19(26)20-15-8-9-16(24-2)17(10-15)25-3/h4-10H,11-12H2,1-3H3,(H,21,23)(H2,20,22,26). The first-order valence-corrected chi connectivity index (χ1v) is 9.79. The Morgan fingerprint density at radius 3 is 2.41 bits per heavy atom. The number of thioether (sulfide) groups is 1. The minimum Gasteiger partial charge on any atom is -0.493 e. The van der Waals surface area contributed by atoms with Crippen LogP contribution in [0.5, 0.6) is 11.5 Å². The quantitative estimate of drug-likeness (QED) is 0.482. The third-order valence-corrected chi connectivity index (χ3v) is 4.79. The van der Waals surface area contributed by atoms with Crippen LogP contribution < -0.4 is 25.6 Å². The number of rotatable bonds is 7. The molecule has 0 atom stereocenters. The van der Waals surface area contributed by atoms with E-state index >= 15 is 0 Å². The van der Waals surface area contributed by atoms with E-state index in [-0.39, 0.29) is 11.0 Å². The number of amides is 1. The third-order valence-electron chi connectivity index (χ3n) is 3.58. The topological polar surface area (TPSA) is 71.6 Å². The molecule has 2 aromatic carbocycles. The van der Waals surface area contributed by atoms with Crippen molar-refractivity contribution in [2.24, 2.45) is 0 Å². The van der Waals surface area contributed by atoms with E-state index in [9.17, 15) is 4.79 Å². The van der Waals surface area contributed by atoms with Crippen LogP contribution in [0, 0.1) is 6.92 Å². The molecule has 2 aromatic rings. The Morgan fingerprint density at radius 2 is 1.74 bits per heavy atom. The molecule has 144 valence electrons. The molecule has 3 N–H and O–H groups in total. The van der Waals surface area contributed by atoms with Crippen LogP contribution in [0.3, 0.4) is 0 Å². The predicted octanol–water partition coefficient (Wildman–Crippen LogP) is 3.26. The first-order valence-electron chi connectivity index (χ1n) is 8.23. The van der Waals surface area contributed by atoms with E-state index in [4.69, 9.17) is 21.7 Å². The van der Waals surface area contributed by atoms with E-state index in [1.807, 2.05) is 0 Å². The summed E-state index contributed by atoms with van der Waals surface area (Å²) in [7, 11) is 3.14. The van der Waals surface area contributed by atoms with Crippen molar-refractivity contribution in [2.45, 2.75) is 12.7 Å². The van der Waals surface area contributed by atoms with E-state index in [0.717, 1.165) is 5.75 Å². The van der Waals surface area contributed by atoms with Crippen molar-refractivity contribution in [1.29, 1.82) is 0 Å². The SMILES string of the molecule is COc1ccc(NC(=S)NNC(=O)CSCc2ccc(C)cc2)cc1OC. The number of aryl methyl sites for hydroxylation is 1. The Labute approximate surface area is 169 Å². The lowest BCUT2D eigenvalue weighted by Crippen LogP contribution is -2.44. The average molecular weight is 406 g/mol. The highest BCUT2D eigenvalue weighted by atomic mass is 32.2. The highest BCUT2D eigenvalue weighted by Gasteiger charge is 2.07. The minimum absolute atomic E-state index is 0.149. The second-order valence-electron chi connectivity index (χ2n) is 5.68. The fourth-order valence-corrected chi connectivity index (χ4v) is 3.14. The molecule has 0 spiro atoms. The van der Waals surface area contributed by atoms with Crippen molar-refractivity contribution in [3.63, 3.8) is 0 Å². The molecule has 0 saturated heterocycles. The van der Waals surface area contributed by atoms with Crippen LogP contribution in [-0.2, 0) is 10.5 Å². The monoisotopic (exact) mass is 405 g/mol. The van der Waals surface area contributed by atoms with Crippen LogP contribution in [0.1, 0.15) is 11.1 Å². The van der Waals surface area contributed by atoms with Gasteiger partial charge in [-0.3, -0.25) is 15.6 Å². The van der Waals surface area contributed by atoms with Crippen molar-refractivity contribution >= 4 is 40.7 Å². The summed E-state index contributed by atoms with van der Waals surface area (Å²) >= 11 is 6.72. The molecule has 0 radical (unpaired) electrons. The molecule has 6 nitrogen and oxygen atoms in total. The van der Waals surface area contributed by atoms with Crippen molar-refractivity contribution in [2.75, 3.05) is 25.3 Å². The van der Waals surface area contributed by atoms with Gasteiger partial charge in [0.1, 0.15) is 0 Å². The van der Waals surface area contributed by atoms with E-state index in [0.29, 0.717) is 22.9 Å². The van der Waals surface area contributed by atoms with Gasteiger partial charge in [0.25, 0.3) is 0 Å². The average Bonchev–Trinajstić information content (AvgIpc) is 2.67. The molecule has 8 heteroatoms. The summed E-state index contributed by atoms with van der Waals surface area (Å²) in [5.41, 5.74) is 8.40. The fourth-order valence-electron chi connectivity index (χ4n) is 2.18. The lowest BCUT2D eigenvalue weighted by atomic mass is 10.2. The third kappa shape index (κ3) is 6.99. The van der Waals surface area contributed by atoms with Crippen LogP contribution >= 0.6 is 24.0 Å². The smallest absolute Gasteiger partial charge is 0.248 e. The zero-order chi connectivity index (χ0) is 19.6. The number of anilines is 1. The number of thiocarbonyl (C=S) groups is 1. The van der Waals surface area contributed by atoms with Gasteiger partial charge in [0, 0.05) is 17.5 Å². The summed E-state index contributed by atoms with van der Waals surface area (Å²) < 4.78 is 10.4. The van der Waals surface area contributed by atoms with E-state index in [1.165, 1.54) is 22.9 Å². The lowest BCUT2D eigenvalue weighted by Gasteiger charge is -2.13. The molecule has 0 bridgehead atoms. The summed E-state index contributed by atoms with van der Waals surface area (Å²) in [6.45, 7) is 2.05. The number of carbonyl (C=O) groups is 1.